The van der Waals surface area contributed by atoms with Crippen LogP contribution in [0, 0.1) is 10.1 Å². The van der Waals surface area contributed by atoms with Crippen molar-refractivity contribution in [3.63, 3.8) is 0 Å². The molecule has 0 bridgehead atoms. The lowest BCUT2D eigenvalue weighted by Crippen LogP contribution is -2.40. The number of aliphatic imine (C=N–C) groups is 1. The summed E-state index contributed by atoms with van der Waals surface area (Å²) in [7, 11) is 0. The fourth-order valence-electron chi connectivity index (χ4n) is 2.83. The van der Waals surface area contributed by atoms with Gasteiger partial charge in [-0.3, -0.25) is 19.9 Å². The molecule has 1 aliphatic rings. The third kappa shape index (κ3) is 3.46. The van der Waals surface area contributed by atoms with Crippen LogP contribution in [-0.4, -0.2) is 52.6 Å². The van der Waals surface area contributed by atoms with Crippen molar-refractivity contribution in [2.45, 2.75) is 6.10 Å². The molecule has 8 heteroatoms. The van der Waals surface area contributed by atoms with Crippen LogP contribution in [0.3, 0.4) is 0 Å². The van der Waals surface area contributed by atoms with E-state index in [4.69, 9.17) is 5.11 Å². The van der Waals surface area contributed by atoms with Gasteiger partial charge in [-0.2, -0.15) is 0 Å². The van der Waals surface area contributed by atoms with Crippen LogP contribution in [0.4, 0.5) is 11.4 Å². The Kier molecular flexibility index (Phi) is 5.06. The lowest BCUT2D eigenvalue weighted by molar-refractivity contribution is -0.384. The SMILES string of the molecule is O=C1CN=C(c2ccccc2)c2cc([N+](=O)[O-])ccc2N1CC(O)CO. The molecule has 1 amide bonds. The molecule has 26 heavy (non-hydrogen) atoms. The quantitative estimate of drug-likeness (QED) is 0.616. The van der Waals surface area contributed by atoms with Gasteiger partial charge in [-0.1, -0.05) is 30.3 Å². The highest BCUT2D eigenvalue weighted by molar-refractivity contribution is 6.19. The van der Waals surface area contributed by atoms with E-state index in [1.165, 1.54) is 23.1 Å². The molecule has 1 unspecified atom stereocenters. The van der Waals surface area contributed by atoms with Crippen molar-refractivity contribution in [2.75, 3.05) is 24.6 Å². The van der Waals surface area contributed by atoms with Gasteiger partial charge in [0.15, 0.2) is 0 Å². The lowest BCUT2D eigenvalue weighted by atomic mass is 9.99. The van der Waals surface area contributed by atoms with Crippen LogP contribution in [0.1, 0.15) is 11.1 Å². The Morgan fingerprint density at radius 2 is 1.96 bits per heavy atom. The molecule has 0 saturated heterocycles. The summed E-state index contributed by atoms with van der Waals surface area (Å²) in [5.41, 5.74) is 1.92. The van der Waals surface area contributed by atoms with Crippen LogP contribution in [0.25, 0.3) is 0 Å². The molecule has 1 aliphatic heterocycles. The zero-order valence-corrected chi connectivity index (χ0v) is 13.8. The fourth-order valence-corrected chi connectivity index (χ4v) is 2.83. The summed E-state index contributed by atoms with van der Waals surface area (Å²) in [6, 6.07) is 13.2. The first-order valence-corrected chi connectivity index (χ1v) is 7.99. The van der Waals surface area contributed by atoms with E-state index in [9.17, 15) is 20.0 Å². The molecule has 2 aromatic rings. The lowest BCUT2D eigenvalue weighted by Gasteiger charge is -2.24. The summed E-state index contributed by atoms with van der Waals surface area (Å²) in [6.07, 6.45) is -1.12. The van der Waals surface area contributed by atoms with E-state index in [0.29, 0.717) is 17.0 Å². The molecule has 0 radical (unpaired) electrons. The molecule has 0 spiro atoms. The zero-order chi connectivity index (χ0) is 18.7. The largest absolute Gasteiger partial charge is 0.394 e. The number of carbonyl (C=O) groups excluding carboxylic acids is 1. The summed E-state index contributed by atoms with van der Waals surface area (Å²) >= 11 is 0. The second-order valence-electron chi connectivity index (χ2n) is 5.83. The van der Waals surface area contributed by atoms with Crippen molar-refractivity contribution in [1.82, 2.24) is 0 Å². The topological polar surface area (TPSA) is 116 Å². The number of carbonyl (C=O) groups is 1. The molecule has 2 aromatic carbocycles. The Labute approximate surface area is 149 Å². The Bertz CT molecular complexity index is 866. The summed E-state index contributed by atoms with van der Waals surface area (Å²) < 4.78 is 0. The number of β-amino-alcohol motifs (C(OH)–C–C–N with tert-alkyl or cyclic N) is 1. The maximum atomic E-state index is 12.5. The molecular formula is C18H17N3O5. The van der Waals surface area contributed by atoms with Crippen molar-refractivity contribution in [3.05, 3.63) is 69.8 Å². The number of non-ortho nitro benzene ring substituents is 1. The highest BCUT2D eigenvalue weighted by Crippen LogP contribution is 2.30. The molecule has 0 saturated carbocycles. The number of nitro benzene ring substituents is 1. The monoisotopic (exact) mass is 355 g/mol. The smallest absolute Gasteiger partial charge is 0.270 e. The van der Waals surface area contributed by atoms with Crippen molar-refractivity contribution >= 4 is 23.0 Å². The van der Waals surface area contributed by atoms with Gasteiger partial charge in [0.1, 0.15) is 6.54 Å². The summed E-state index contributed by atoms with van der Waals surface area (Å²) in [5, 5.41) is 30.1. The second-order valence-corrected chi connectivity index (χ2v) is 5.83. The minimum Gasteiger partial charge on any atom is -0.394 e. The summed E-state index contributed by atoms with van der Waals surface area (Å²) in [4.78, 5) is 28.9. The maximum Gasteiger partial charge on any atom is 0.270 e. The van der Waals surface area contributed by atoms with Gasteiger partial charge in [0.25, 0.3) is 5.69 Å². The van der Waals surface area contributed by atoms with E-state index in [1.807, 2.05) is 30.3 Å². The number of aliphatic hydroxyl groups is 2. The van der Waals surface area contributed by atoms with E-state index in [2.05, 4.69) is 4.99 Å². The van der Waals surface area contributed by atoms with Crippen LogP contribution in [0.15, 0.2) is 53.5 Å². The number of nitro groups is 1. The zero-order valence-electron chi connectivity index (χ0n) is 13.8. The molecule has 2 N–H and O–H groups in total. The van der Waals surface area contributed by atoms with Crippen molar-refractivity contribution in [3.8, 4) is 0 Å². The third-order valence-corrected chi connectivity index (χ3v) is 4.06. The number of aliphatic hydroxyl groups excluding tert-OH is 2. The molecule has 0 fully saturated rings. The average Bonchev–Trinajstić information content (AvgIpc) is 2.79. The van der Waals surface area contributed by atoms with Crippen molar-refractivity contribution in [1.29, 1.82) is 0 Å². The van der Waals surface area contributed by atoms with Crippen LogP contribution in [0.5, 0.6) is 0 Å². The van der Waals surface area contributed by atoms with Gasteiger partial charge in [-0.15, -0.1) is 0 Å². The molecule has 0 aromatic heterocycles. The number of amides is 1. The first kappa shape index (κ1) is 17.7. The Morgan fingerprint density at radius 1 is 1.23 bits per heavy atom. The molecule has 1 heterocycles. The van der Waals surface area contributed by atoms with Crippen molar-refractivity contribution in [2.24, 2.45) is 4.99 Å². The van der Waals surface area contributed by atoms with E-state index >= 15 is 0 Å². The highest BCUT2D eigenvalue weighted by atomic mass is 16.6. The number of rotatable bonds is 5. The van der Waals surface area contributed by atoms with Gasteiger partial charge in [0.2, 0.25) is 5.91 Å². The Hall–Kier alpha value is -3.10. The average molecular weight is 355 g/mol. The van der Waals surface area contributed by atoms with Crippen LogP contribution < -0.4 is 4.90 Å². The van der Waals surface area contributed by atoms with E-state index in [1.54, 1.807) is 0 Å². The predicted molar refractivity (Wildman–Crippen MR) is 95.5 cm³/mol. The molecule has 0 aliphatic carbocycles. The van der Waals surface area contributed by atoms with Gasteiger partial charge in [0.05, 0.1) is 35.6 Å². The van der Waals surface area contributed by atoms with Gasteiger partial charge in [-0.05, 0) is 6.07 Å². The van der Waals surface area contributed by atoms with Crippen LogP contribution in [0.2, 0.25) is 0 Å². The van der Waals surface area contributed by atoms with E-state index in [-0.39, 0.29) is 24.7 Å². The number of nitrogens with zero attached hydrogens (tertiary/aromatic N) is 3. The molecule has 134 valence electrons. The maximum absolute atomic E-state index is 12.5. The molecule has 1 atom stereocenters. The first-order valence-electron chi connectivity index (χ1n) is 7.99. The second kappa shape index (κ2) is 7.42. The first-order chi connectivity index (χ1) is 12.5. The third-order valence-electron chi connectivity index (χ3n) is 4.06. The minimum atomic E-state index is -1.12. The normalized spacial score (nSPS) is 15.1. The fraction of sp³-hybridized carbons (Fsp3) is 0.222. The summed E-state index contributed by atoms with van der Waals surface area (Å²) in [6.45, 7) is -0.791. The number of benzene rings is 2. The van der Waals surface area contributed by atoms with Crippen molar-refractivity contribution < 1.29 is 19.9 Å². The Morgan fingerprint density at radius 3 is 2.62 bits per heavy atom. The number of anilines is 1. The predicted octanol–water partition coefficient (Wildman–Crippen LogP) is 1.13. The highest BCUT2D eigenvalue weighted by Gasteiger charge is 2.28. The van der Waals surface area contributed by atoms with Gasteiger partial charge < -0.3 is 15.1 Å². The molecular weight excluding hydrogens is 338 g/mol. The van der Waals surface area contributed by atoms with E-state index in [0.717, 1.165) is 5.56 Å². The number of hydrogen-bond donors (Lipinski definition) is 2. The van der Waals surface area contributed by atoms with E-state index < -0.39 is 17.6 Å². The number of hydrogen-bond acceptors (Lipinski definition) is 6. The van der Waals surface area contributed by atoms with Gasteiger partial charge in [0, 0.05) is 23.3 Å². The standard InChI is InChI=1S/C18H17N3O5/c22-11-14(23)10-20-16-7-6-13(21(25)26)8-15(16)18(19-9-17(20)24)12-4-2-1-3-5-12/h1-8,14,22-23H,9-11H2. The number of fused-ring (bicyclic) bond motifs is 1. The van der Waals surface area contributed by atoms with Gasteiger partial charge in [-0.25, -0.2) is 0 Å². The van der Waals surface area contributed by atoms with Crippen LogP contribution in [-0.2, 0) is 4.79 Å². The molecule has 3 rings (SSSR count). The number of benzodiazepines with no additional fused rings is 1. The molecule has 8 nitrogen and oxygen atoms in total. The minimum absolute atomic E-state index is 0.121. The van der Waals surface area contributed by atoms with Gasteiger partial charge >= 0.3 is 0 Å². The Balaban J connectivity index is 2.17. The van der Waals surface area contributed by atoms with Crippen LogP contribution >= 0.6 is 0 Å². The summed E-state index contributed by atoms with van der Waals surface area (Å²) in [5.74, 6) is -0.362.